The van der Waals surface area contributed by atoms with E-state index in [-0.39, 0.29) is 6.10 Å². The number of ether oxygens (including phenoxy) is 2. The van der Waals surface area contributed by atoms with Crippen LogP contribution in [0, 0.1) is 5.92 Å². The monoisotopic (exact) mass is 394 g/mol. The van der Waals surface area contributed by atoms with E-state index in [1.54, 1.807) is 7.11 Å². The summed E-state index contributed by atoms with van der Waals surface area (Å²) in [5, 5.41) is 2.41. The van der Waals surface area contributed by atoms with Gasteiger partial charge >= 0.3 is 0 Å². The van der Waals surface area contributed by atoms with Crippen molar-refractivity contribution in [2.45, 2.75) is 37.8 Å². The van der Waals surface area contributed by atoms with Crippen LogP contribution in [-0.2, 0) is 9.53 Å². The van der Waals surface area contributed by atoms with E-state index in [9.17, 15) is 4.79 Å². The van der Waals surface area contributed by atoms with Gasteiger partial charge in [-0.3, -0.25) is 9.69 Å². The van der Waals surface area contributed by atoms with Crippen molar-refractivity contribution in [3.05, 3.63) is 42.0 Å². The zero-order chi connectivity index (χ0) is 19.8. The molecule has 0 N–H and O–H groups in total. The van der Waals surface area contributed by atoms with Crippen LogP contribution >= 0.6 is 0 Å². The number of likely N-dealkylation sites (tertiary alicyclic amines) is 1. The van der Waals surface area contributed by atoms with Crippen molar-refractivity contribution in [1.29, 1.82) is 0 Å². The van der Waals surface area contributed by atoms with Crippen LogP contribution in [0.5, 0.6) is 5.75 Å². The van der Waals surface area contributed by atoms with Gasteiger partial charge in [-0.2, -0.15) is 0 Å². The Balaban J connectivity index is 1.23. The van der Waals surface area contributed by atoms with Crippen molar-refractivity contribution in [2.24, 2.45) is 5.92 Å². The number of rotatable bonds is 4. The largest absolute Gasteiger partial charge is 0.497 e. The SMILES string of the molecule is COc1ccc2cc([C@@H]3CN(C4CCN(C(=O)C5CC5)CC4)CCO3)ccc2c1. The molecule has 1 amide bonds. The maximum Gasteiger partial charge on any atom is 0.225 e. The van der Waals surface area contributed by atoms with Gasteiger partial charge in [-0.05, 0) is 60.2 Å². The standard InChI is InChI=1S/C24H30N2O3/c1-28-22-7-6-18-14-20(5-4-19(18)15-22)23-16-26(12-13-29-23)21-8-10-25(11-9-21)24(27)17-2-3-17/h4-7,14-15,17,21,23H,2-3,8-13,16H2,1H3/t23-/m0/s1. The van der Waals surface area contributed by atoms with E-state index in [0.717, 1.165) is 64.2 Å². The number of morpholine rings is 1. The molecular formula is C24H30N2O3. The minimum atomic E-state index is 0.112. The average molecular weight is 395 g/mol. The minimum absolute atomic E-state index is 0.112. The summed E-state index contributed by atoms with van der Waals surface area (Å²) in [6.07, 6.45) is 4.48. The lowest BCUT2D eigenvalue weighted by Gasteiger charge is -2.42. The fourth-order valence-electron chi connectivity index (χ4n) is 4.81. The van der Waals surface area contributed by atoms with E-state index in [2.05, 4.69) is 40.1 Å². The topological polar surface area (TPSA) is 42.0 Å². The summed E-state index contributed by atoms with van der Waals surface area (Å²) in [7, 11) is 1.70. The van der Waals surface area contributed by atoms with Gasteiger partial charge in [0.25, 0.3) is 0 Å². The predicted molar refractivity (Wildman–Crippen MR) is 113 cm³/mol. The Morgan fingerprint density at radius 1 is 1.00 bits per heavy atom. The van der Waals surface area contributed by atoms with Gasteiger partial charge in [-0.25, -0.2) is 0 Å². The number of hydrogen-bond acceptors (Lipinski definition) is 4. The van der Waals surface area contributed by atoms with Gasteiger partial charge in [0.2, 0.25) is 5.91 Å². The van der Waals surface area contributed by atoms with Crippen LogP contribution in [-0.4, -0.2) is 61.6 Å². The van der Waals surface area contributed by atoms with E-state index in [1.165, 1.54) is 16.3 Å². The van der Waals surface area contributed by atoms with Gasteiger partial charge < -0.3 is 14.4 Å². The molecule has 5 rings (SSSR count). The van der Waals surface area contributed by atoms with Gasteiger partial charge in [0.15, 0.2) is 0 Å². The first-order chi connectivity index (χ1) is 14.2. The molecule has 1 atom stereocenters. The lowest BCUT2D eigenvalue weighted by Crippen LogP contribution is -2.50. The highest BCUT2D eigenvalue weighted by Gasteiger charge is 2.36. The maximum atomic E-state index is 12.3. The quantitative estimate of drug-likeness (QED) is 0.794. The Kier molecular flexibility index (Phi) is 5.18. The van der Waals surface area contributed by atoms with Crippen LogP contribution in [0.3, 0.4) is 0 Å². The third kappa shape index (κ3) is 3.99. The summed E-state index contributed by atoms with van der Waals surface area (Å²) >= 11 is 0. The molecule has 0 unspecified atom stereocenters. The summed E-state index contributed by atoms with van der Waals surface area (Å²) in [5.41, 5.74) is 1.24. The highest BCUT2D eigenvalue weighted by atomic mass is 16.5. The summed E-state index contributed by atoms with van der Waals surface area (Å²) < 4.78 is 11.5. The fraction of sp³-hybridized carbons (Fsp3) is 0.542. The highest BCUT2D eigenvalue weighted by molar-refractivity contribution is 5.84. The van der Waals surface area contributed by atoms with Crippen LogP contribution in [0.2, 0.25) is 0 Å². The smallest absolute Gasteiger partial charge is 0.225 e. The van der Waals surface area contributed by atoms with Crippen LogP contribution in [0.25, 0.3) is 10.8 Å². The number of carbonyl (C=O) groups excluding carboxylic acids is 1. The van der Waals surface area contributed by atoms with Crippen LogP contribution in [0.15, 0.2) is 36.4 Å². The number of carbonyl (C=O) groups is 1. The van der Waals surface area contributed by atoms with Gasteiger partial charge in [-0.15, -0.1) is 0 Å². The Morgan fingerprint density at radius 2 is 1.76 bits per heavy atom. The first kappa shape index (κ1) is 18.9. The molecule has 0 radical (unpaired) electrons. The Hall–Kier alpha value is -2.11. The maximum absolute atomic E-state index is 12.3. The number of nitrogens with zero attached hydrogens (tertiary/aromatic N) is 2. The minimum Gasteiger partial charge on any atom is -0.497 e. The van der Waals surface area contributed by atoms with E-state index >= 15 is 0 Å². The van der Waals surface area contributed by atoms with Crippen molar-refractivity contribution in [3.8, 4) is 5.75 Å². The molecule has 1 saturated carbocycles. The zero-order valence-corrected chi connectivity index (χ0v) is 17.2. The van der Waals surface area contributed by atoms with Crippen molar-refractivity contribution >= 4 is 16.7 Å². The molecular weight excluding hydrogens is 364 g/mol. The molecule has 0 spiro atoms. The number of methoxy groups -OCH3 is 1. The molecule has 5 nitrogen and oxygen atoms in total. The molecule has 29 heavy (non-hydrogen) atoms. The lowest BCUT2D eigenvalue weighted by molar-refractivity contribution is -0.134. The summed E-state index contributed by atoms with van der Waals surface area (Å²) in [6.45, 7) is 4.53. The summed E-state index contributed by atoms with van der Waals surface area (Å²) in [6, 6.07) is 13.4. The summed E-state index contributed by atoms with van der Waals surface area (Å²) in [5.74, 6) is 1.63. The third-order valence-corrected chi connectivity index (χ3v) is 6.76. The summed E-state index contributed by atoms with van der Waals surface area (Å²) in [4.78, 5) is 17.0. The predicted octanol–water partition coefficient (Wildman–Crippen LogP) is 3.62. The van der Waals surface area contributed by atoms with Gasteiger partial charge in [0.05, 0.1) is 19.8 Å². The Bertz CT molecular complexity index is 887. The Morgan fingerprint density at radius 3 is 2.52 bits per heavy atom. The van der Waals surface area contributed by atoms with E-state index in [4.69, 9.17) is 9.47 Å². The first-order valence-electron chi connectivity index (χ1n) is 10.9. The molecule has 2 aromatic carbocycles. The third-order valence-electron chi connectivity index (χ3n) is 6.76. The van der Waals surface area contributed by atoms with Gasteiger partial charge in [0.1, 0.15) is 5.75 Å². The average Bonchev–Trinajstić information content (AvgIpc) is 3.63. The van der Waals surface area contributed by atoms with Crippen molar-refractivity contribution in [1.82, 2.24) is 9.80 Å². The second-order valence-electron chi connectivity index (χ2n) is 8.66. The highest BCUT2D eigenvalue weighted by Crippen LogP contribution is 2.33. The molecule has 5 heteroatoms. The number of piperidine rings is 1. The fourth-order valence-corrected chi connectivity index (χ4v) is 4.81. The second-order valence-corrected chi connectivity index (χ2v) is 8.66. The molecule has 3 aliphatic rings. The van der Waals surface area contributed by atoms with Crippen LogP contribution < -0.4 is 4.74 Å². The van der Waals surface area contributed by atoms with Crippen LogP contribution in [0.4, 0.5) is 0 Å². The first-order valence-corrected chi connectivity index (χ1v) is 10.9. The number of hydrogen-bond donors (Lipinski definition) is 0. The molecule has 0 aromatic heterocycles. The number of fused-ring (bicyclic) bond motifs is 1. The number of amides is 1. The van der Waals surface area contributed by atoms with Crippen molar-refractivity contribution in [2.75, 3.05) is 39.9 Å². The molecule has 3 fully saturated rings. The van der Waals surface area contributed by atoms with Gasteiger partial charge in [0, 0.05) is 38.1 Å². The molecule has 2 aromatic rings. The normalized spacial score (nSPS) is 24.0. The molecule has 154 valence electrons. The van der Waals surface area contributed by atoms with E-state index < -0.39 is 0 Å². The molecule has 2 heterocycles. The molecule has 0 bridgehead atoms. The van der Waals surface area contributed by atoms with Crippen molar-refractivity contribution in [3.63, 3.8) is 0 Å². The van der Waals surface area contributed by atoms with Crippen LogP contribution in [0.1, 0.15) is 37.4 Å². The zero-order valence-electron chi connectivity index (χ0n) is 17.2. The number of benzene rings is 2. The lowest BCUT2D eigenvalue weighted by atomic mass is 9.98. The molecule has 2 aliphatic heterocycles. The molecule has 2 saturated heterocycles. The Labute approximate surface area is 172 Å². The van der Waals surface area contributed by atoms with Gasteiger partial charge in [-0.1, -0.05) is 18.2 Å². The molecule has 1 aliphatic carbocycles. The van der Waals surface area contributed by atoms with E-state index in [1.807, 2.05) is 6.07 Å². The van der Waals surface area contributed by atoms with E-state index in [0.29, 0.717) is 17.9 Å². The second kappa shape index (κ2) is 7.96. The van der Waals surface area contributed by atoms with Crippen molar-refractivity contribution < 1.29 is 14.3 Å².